The minimum Gasteiger partial charge on any atom is -0.496 e. The van der Waals surface area contributed by atoms with Gasteiger partial charge in [0.05, 0.1) is 20.3 Å². The van der Waals surface area contributed by atoms with Crippen molar-refractivity contribution in [3.63, 3.8) is 0 Å². The zero-order chi connectivity index (χ0) is 11.1. The number of rotatable bonds is 2. The summed E-state index contributed by atoms with van der Waals surface area (Å²) < 4.78 is 10.5. The molecule has 0 atom stereocenters. The standard InChI is InChI=1S/C11H12Cl2O2/c1-7-3-8(12)4-9(10(7)14-2)11(13)5-15-6-11/h3-4H,5-6H2,1-2H3. The summed E-state index contributed by atoms with van der Waals surface area (Å²) in [5.41, 5.74) is 1.91. The van der Waals surface area contributed by atoms with E-state index in [1.807, 2.05) is 19.1 Å². The normalized spacial score (nSPS) is 18.4. The maximum atomic E-state index is 6.40. The van der Waals surface area contributed by atoms with Crippen molar-refractivity contribution < 1.29 is 9.47 Å². The van der Waals surface area contributed by atoms with Crippen molar-refractivity contribution in [2.75, 3.05) is 20.3 Å². The molecule has 1 aliphatic heterocycles. The smallest absolute Gasteiger partial charge is 0.127 e. The molecule has 0 radical (unpaired) electrons. The van der Waals surface area contributed by atoms with E-state index in [0.29, 0.717) is 18.2 Å². The van der Waals surface area contributed by atoms with Gasteiger partial charge in [0.15, 0.2) is 0 Å². The molecule has 1 aromatic rings. The highest BCUT2D eigenvalue weighted by atomic mass is 35.5. The van der Waals surface area contributed by atoms with Gasteiger partial charge in [-0.3, -0.25) is 0 Å². The molecule has 1 heterocycles. The molecule has 0 unspecified atom stereocenters. The number of hydrogen-bond acceptors (Lipinski definition) is 2. The number of alkyl halides is 1. The summed E-state index contributed by atoms with van der Waals surface area (Å²) >= 11 is 12.4. The Balaban J connectivity index is 2.53. The Morgan fingerprint density at radius 1 is 1.40 bits per heavy atom. The monoisotopic (exact) mass is 246 g/mol. The van der Waals surface area contributed by atoms with Crippen LogP contribution in [0.15, 0.2) is 12.1 Å². The first-order chi connectivity index (χ1) is 7.07. The Hall–Kier alpha value is -0.440. The van der Waals surface area contributed by atoms with Crippen LogP contribution in [0.25, 0.3) is 0 Å². The van der Waals surface area contributed by atoms with Gasteiger partial charge in [0.1, 0.15) is 10.6 Å². The molecule has 4 heteroatoms. The van der Waals surface area contributed by atoms with E-state index < -0.39 is 4.87 Å². The Kier molecular flexibility index (Phi) is 2.84. The molecular formula is C11H12Cl2O2. The fraction of sp³-hybridized carbons (Fsp3) is 0.455. The number of hydrogen-bond donors (Lipinski definition) is 0. The van der Waals surface area contributed by atoms with Gasteiger partial charge < -0.3 is 9.47 Å². The largest absolute Gasteiger partial charge is 0.496 e. The van der Waals surface area contributed by atoms with Crippen LogP contribution in [0.5, 0.6) is 5.75 Å². The second-order valence-corrected chi connectivity index (χ2v) is 4.92. The second kappa shape index (κ2) is 3.85. The van der Waals surface area contributed by atoms with E-state index >= 15 is 0 Å². The highest BCUT2D eigenvalue weighted by Crippen LogP contribution is 2.43. The van der Waals surface area contributed by atoms with Gasteiger partial charge >= 0.3 is 0 Å². The van der Waals surface area contributed by atoms with Gasteiger partial charge in [-0.1, -0.05) is 11.6 Å². The van der Waals surface area contributed by atoms with Gasteiger partial charge in [-0.15, -0.1) is 11.6 Å². The number of halogens is 2. The molecular weight excluding hydrogens is 235 g/mol. The molecule has 0 aromatic heterocycles. The second-order valence-electron chi connectivity index (χ2n) is 3.76. The first-order valence-corrected chi connectivity index (χ1v) is 5.44. The summed E-state index contributed by atoms with van der Waals surface area (Å²) in [6, 6.07) is 3.71. The van der Waals surface area contributed by atoms with Gasteiger partial charge in [-0.05, 0) is 24.6 Å². The van der Waals surface area contributed by atoms with Crippen LogP contribution in [-0.2, 0) is 9.61 Å². The molecule has 1 aromatic carbocycles. The van der Waals surface area contributed by atoms with Crippen LogP contribution in [0.2, 0.25) is 5.02 Å². The molecule has 0 aliphatic carbocycles. The van der Waals surface area contributed by atoms with Crippen molar-refractivity contribution in [2.24, 2.45) is 0 Å². The summed E-state index contributed by atoms with van der Waals surface area (Å²) in [5.74, 6) is 0.803. The summed E-state index contributed by atoms with van der Waals surface area (Å²) in [5, 5.41) is 0.676. The lowest BCUT2D eigenvalue weighted by Crippen LogP contribution is -2.41. The van der Waals surface area contributed by atoms with Crippen LogP contribution in [0, 0.1) is 6.92 Å². The van der Waals surface area contributed by atoms with Crippen LogP contribution in [-0.4, -0.2) is 20.3 Å². The average Bonchev–Trinajstić information content (AvgIpc) is 2.13. The zero-order valence-electron chi connectivity index (χ0n) is 8.64. The van der Waals surface area contributed by atoms with E-state index in [9.17, 15) is 0 Å². The highest BCUT2D eigenvalue weighted by molar-refractivity contribution is 6.31. The SMILES string of the molecule is COc1c(C)cc(Cl)cc1C1(Cl)COC1. The average molecular weight is 247 g/mol. The van der Waals surface area contributed by atoms with Crippen molar-refractivity contribution >= 4 is 23.2 Å². The van der Waals surface area contributed by atoms with Crippen LogP contribution < -0.4 is 4.74 Å². The summed E-state index contributed by atoms with van der Waals surface area (Å²) in [6.45, 7) is 2.96. The first-order valence-electron chi connectivity index (χ1n) is 4.68. The Morgan fingerprint density at radius 2 is 2.07 bits per heavy atom. The molecule has 15 heavy (non-hydrogen) atoms. The molecule has 2 rings (SSSR count). The van der Waals surface area contributed by atoms with E-state index in [1.54, 1.807) is 7.11 Å². The summed E-state index contributed by atoms with van der Waals surface area (Å²) in [4.78, 5) is -0.471. The summed E-state index contributed by atoms with van der Waals surface area (Å²) in [7, 11) is 1.64. The molecule has 2 nitrogen and oxygen atoms in total. The van der Waals surface area contributed by atoms with Crippen molar-refractivity contribution in [1.82, 2.24) is 0 Å². The number of methoxy groups -OCH3 is 1. The molecule has 0 spiro atoms. The fourth-order valence-corrected chi connectivity index (χ4v) is 2.34. The lowest BCUT2D eigenvalue weighted by atomic mass is 9.93. The highest BCUT2D eigenvalue weighted by Gasteiger charge is 2.41. The third-order valence-corrected chi connectivity index (χ3v) is 3.23. The lowest BCUT2D eigenvalue weighted by Gasteiger charge is -2.37. The van der Waals surface area contributed by atoms with Crippen LogP contribution >= 0.6 is 23.2 Å². The topological polar surface area (TPSA) is 18.5 Å². The number of benzene rings is 1. The number of aryl methyl sites for hydroxylation is 1. The zero-order valence-corrected chi connectivity index (χ0v) is 10.2. The molecule has 0 bridgehead atoms. The van der Waals surface area contributed by atoms with Gasteiger partial charge in [-0.2, -0.15) is 0 Å². The minimum atomic E-state index is -0.471. The predicted octanol–water partition coefficient (Wildman–Crippen LogP) is 3.12. The van der Waals surface area contributed by atoms with E-state index in [1.165, 1.54) is 0 Å². The van der Waals surface area contributed by atoms with Gasteiger partial charge in [0.25, 0.3) is 0 Å². The van der Waals surface area contributed by atoms with E-state index in [-0.39, 0.29) is 0 Å². The molecule has 82 valence electrons. The van der Waals surface area contributed by atoms with Crippen LogP contribution in [0.1, 0.15) is 11.1 Å². The molecule has 1 fully saturated rings. The van der Waals surface area contributed by atoms with Crippen molar-refractivity contribution in [3.05, 3.63) is 28.3 Å². The van der Waals surface area contributed by atoms with Gasteiger partial charge in [0, 0.05) is 10.6 Å². The van der Waals surface area contributed by atoms with Crippen molar-refractivity contribution in [2.45, 2.75) is 11.8 Å². The molecule has 0 saturated carbocycles. The van der Waals surface area contributed by atoms with E-state index in [2.05, 4.69) is 0 Å². The number of ether oxygens (including phenoxy) is 2. The molecule has 1 saturated heterocycles. The predicted molar refractivity (Wildman–Crippen MR) is 61.1 cm³/mol. The lowest BCUT2D eigenvalue weighted by molar-refractivity contribution is -0.0161. The van der Waals surface area contributed by atoms with Gasteiger partial charge in [-0.25, -0.2) is 0 Å². The Bertz CT molecular complexity index is 386. The first kappa shape index (κ1) is 11.1. The fourth-order valence-electron chi connectivity index (χ4n) is 1.77. The molecule has 0 amide bonds. The van der Waals surface area contributed by atoms with E-state index in [4.69, 9.17) is 32.7 Å². The quantitative estimate of drug-likeness (QED) is 0.747. The maximum Gasteiger partial charge on any atom is 0.127 e. The minimum absolute atomic E-state index is 0.471. The molecule has 1 aliphatic rings. The third-order valence-electron chi connectivity index (χ3n) is 2.59. The summed E-state index contributed by atoms with van der Waals surface area (Å²) in [6.07, 6.45) is 0. The van der Waals surface area contributed by atoms with E-state index in [0.717, 1.165) is 16.9 Å². The molecule has 0 N–H and O–H groups in total. The Morgan fingerprint density at radius 3 is 2.53 bits per heavy atom. The van der Waals surface area contributed by atoms with Gasteiger partial charge in [0.2, 0.25) is 0 Å². The third kappa shape index (κ3) is 1.82. The van der Waals surface area contributed by atoms with Crippen LogP contribution in [0.3, 0.4) is 0 Å². The van der Waals surface area contributed by atoms with Crippen LogP contribution in [0.4, 0.5) is 0 Å². The Labute approximate surface area is 99.1 Å². The van der Waals surface area contributed by atoms with Crippen molar-refractivity contribution in [1.29, 1.82) is 0 Å². The maximum absolute atomic E-state index is 6.40. The van der Waals surface area contributed by atoms with Crippen molar-refractivity contribution in [3.8, 4) is 5.75 Å².